The lowest BCUT2D eigenvalue weighted by atomic mass is 10.2. The fraction of sp³-hybridized carbons (Fsp3) is 0.579. The van der Waals surface area contributed by atoms with Gasteiger partial charge in [0.05, 0.1) is 12.2 Å². The van der Waals surface area contributed by atoms with E-state index in [1.165, 1.54) is 0 Å². The van der Waals surface area contributed by atoms with Gasteiger partial charge in [-0.2, -0.15) is 0 Å². The number of hydrogen-bond acceptors (Lipinski definition) is 3. The predicted octanol–water partition coefficient (Wildman–Crippen LogP) is 2.99. The summed E-state index contributed by atoms with van der Waals surface area (Å²) >= 11 is 0. The SMILES string of the molecule is CCOc1ccccc1C(=O)NCCCC(=O)N(C(C)C)C1CC1. The molecule has 0 saturated heterocycles. The Morgan fingerprint density at radius 1 is 1.29 bits per heavy atom. The Hall–Kier alpha value is -2.04. The fourth-order valence-electron chi connectivity index (χ4n) is 2.87. The molecule has 1 saturated carbocycles. The number of nitrogens with zero attached hydrogens (tertiary/aromatic N) is 1. The van der Waals surface area contributed by atoms with E-state index in [-0.39, 0.29) is 17.9 Å². The van der Waals surface area contributed by atoms with E-state index >= 15 is 0 Å². The van der Waals surface area contributed by atoms with Crippen LogP contribution in [0.15, 0.2) is 24.3 Å². The molecule has 0 aliphatic heterocycles. The molecule has 1 aliphatic carbocycles. The third-order valence-corrected chi connectivity index (χ3v) is 4.07. The van der Waals surface area contributed by atoms with Crippen LogP contribution in [0.5, 0.6) is 5.75 Å². The summed E-state index contributed by atoms with van der Waals surface area (Å²) in [6.45, 7) is 7.01. The van der Waals surface area contributed by atoms with Crippen LogP contribution in [0.1, 0.15) is 56.8 Å². The van der Waals surface area contributed by atoms with E-state index in [1.807, 2.05) is 24.0 Å². The van der Waals surface area contributed by atoms with Crippen LogP contribution in [0.2, 0.25) is 0 Å². The van der Waals surface area contributed by atoms with E-state index in [0.717, 1.165) is 12.8 Å². The monoisotopic (exact) mass is 332 g/mol. The maximum atomic E-state index is 12.3. The van der Waals surface area contributed by atoms with Gasteiger partial charge in [-0.05, 0) is 52.2 Å². The van der Waals surface area contributed by atoms with Gasteiger partial charge in [0, 0.05) is 25.0 Å². The van der Waals surface area contributed by atoms with E-state index in [9.17, 15) is 9.59 Å². The van der Waals surface area contributed by atoms with Crippen LogP contribution in [0, 0.1) is 0 Å². The third kappa shape index (κ3) is 4.98. The molecule has 0 spiro atoms. The Morgan fingerprint density at radius 3 is 2.62 bits per heavy atom. The van der Waals surface area contributed by atoms with Gasteiger partial charge in [0.1, 0.15) is 5.75 Å². The second-order valence-corrected chi connectivity index (χ2v) is 6.41. The highest BCUT2D eigenvalue weighted by molar-refractivity contribution is 5.96. The number of ether oxygens (including phenoxy) is 1. The first-order valence-electron chi connectivity index (χ1n) is 8.85. The quantitative estimate of drug-likeness (QED) is 0.707. The number of carbonyl (C=O) groups is 2. The first-order valence-corrected chi connectivity index (χ1v) is 8.85. The van der Waals surface area contributed by atoms with Crippen molar-refractivity contribution in [2.75, 3.05) is 13.2 Å². The van der Waals surface area contributed by atoms with Gasteiger partial charge in [-0.15, -0.1) is 0 Å². The van der Waals surface area contributed by atoms with Crippen molar-refractivity contribution in [1.82, 2.24) is 10.2 Å². The van der Waals surface area contributed by atoms with Crippen LogP contribution < -0.4 is 10.1 Å². The zero-order valence-electron chi connectivity index (χ0n) is 14.9. The highest BCUT2D eigenvalue weighted by atomic mass is 16.5. The van der Waals surface area contributed by atoms with Crippen LogP contribution in [0.25, 0.3) is 0 Å². The molecule has 0 radical (unpaired) electrons. The molecule has 0 heterocycles. The van der Waals surface area contributed by atoms with Gasteiger partial charge in [0.25, 0.3) is 5.91 Å². The van der Waals surface area contributed by atoms with E-state index in [4.69, 9.17) is 4.74 Å². The van der Waals surface area contributed by atoms with Crippen molar-refractivity contribution in [2.45, 2.75) is 58.5 Å². The van der Waals surface area contributed by atoms with Gasteiger partial charge >= 0.3 is 0 Å². The minimum Gasteiger partial charge on any atom is -0.493 e. The number of carbonyl (C=O) groups excluding carboxylic acids is 2. The second-order valence-electron chi connectivity index (χ2n) is 6.41. The molecule has 0 unspecified atom stereocenters. The summed E-state index contributed by atoms with van der Waals surface area (Å²) in [5.74, 6) is 0.624. The zero-order valence-corrected chi connectivity index (χ0v) is 14.9. The fourth-order valence-corrected chi connectivity index (χ4v) is 2.87. The summed E-state index contributed by atoms with van der Waals surface area (Å²) in [4.78, 5) is 26.6. The molecule has 24 heavy (non-hydrogen) atoms. The molecule has 0 atom stereocenters. The van der Waals surface area contributed by atoms with E-state index in [0.29, 0.717) is 43.3 Å². The minimum absolute atomic E-state index is 0.158. The van der Waals surface area contributed by atoms with Gasteiger partial charge in [-0.3, -0.25) is 9.59 Å². The van der Waals surface area contributed by atoms with Crippen molar-refractivity contribution in [3.63, 3.8) is 0 Å². The largest absolute Gasteiger partial charge is 0.493 e. The first-order chi connectivity index (χ1) is 11.5. The van der Waals surface area contributed by atoms with Crippen molar-refractivity contribution in [3.8, 4) is 5.75 Å². The maximum Gasteiger partial charge on any atom is 0.255 e. The van der Waals surface area contributed by atoms with Crippen LogP contribution in [0.4, 0.5) is 0 Å². The summed E-state index contributed by atoms with van der Waals surface area (Å²) in [7, 11) is 0. The molecule has 2 amide bonds. The number of para-hydroxylation sites is 1. The molecular weight excluding hydrogens is 304 g/mol. The van der Waals surface area contributed by atoms with Crippen LogP contribution in [-0.4, -0.2) is 41.9 Å². The molecule has 1 aromatic rings. The Kier molecular flexibility index (Phi) is 6.64. The van der Waals surface area contributed by atoms with E-state index in [2.05, 4.69) is 19.2 Å². The highest BCUT2D eigenvalue weighted by Crippen LogP contribution is 2.29. The van der Waals surface area contributed by atoms with E-state index < -0.39 is 0 Å². The standard InChI is InChI=1S/C19H28N2O3/c1-4-24-17-9-6-5-8-16(17)19(23)20-13-7-10-18(22)21(14(2)3)15-11-12-15/h5-6,8-9,14-15H,4,7,10-13H2,1-3H3,(H,20,23). The second kappa shape index (κ2) is 8.71. The van der Waals surface area contributed by atoms with E-state index in [1.54, 1.807) is 12.1 Å². The Balaban J connectivity index is 1.77. The molecule has 5 heteroatoms. The van der Waals surface area contributed by atoms with Gasteiger partial charge in [-0.25, -0.2) is 0 Å². The number of rotatable bonds is 9. The summed E-state index contributed by atoms with van der Waals surface area (Å²) in [5.41, 5.74) is 0.535. The van der Waals surface area contributed by atoms with Crippen molar-refractivity contribution in [2.24, 2.45) is 0 Å². The first kappa shape index (κ1) is 18.3. The molecule has 1 fully saturated rings. The Bertz CT molecular complexity index is 565. The van der Waals surface area contributed by atoms with Crippen molar-refractivity contribution < 1.29 is 14.3 Å². The molecular formula is C19H28N2O3. The predicted molar refractivity (Wildman–Crippen MR) is 94.2 cm³/mol. The van der Waals surface area contributed by atoms with Gasteiger partial charge < -0.3 is 15.0 Å². The smallest absolute Gasteiger partial charge is 0.255 e. The lowest BCUT2D eigenvalue weighted by Crippen LogP contribution is -2.39. The molecule has 1 N–H and O–H groups in total. The average molecular weight is 332 g/mol. The topological polar surface area (TPSA) is 58.6 Å². The normalized spacial score (nSPS) is 13.7. The Morgan fingerprint density at radius 2 is 2.00 bits per heavy atom. The summed E-state index contributed by atoms with van der Waals surface area (Å²) in [6, 6.07) is 7.88. The molecule has 5 nitrogen and oxygen atoms in total. The Labute approximate surface area is 144 Å². The summed E-state index contributed by atoms with van der Waals surface area (Å²) < 4.78 is 5.47. The third-order valence-electron chi connectivity index (χ3n) is 4.07. The summed E-state index contributed by atoms with van der Waals surface area (Å²) in [5, 5.41) is 2.88. The zero-order chi connectivity index (χ0) is 17.5. The minimum atomic E-state index is -0.158. The van der Waals surface area contributed by atoms with Crippen LogP contribution >= 0.6 is 0 Å². The van der Waals surface area contributed by atoms with Crippen LogP contribution in [-0.2, 0) is 4.79 Å². The summed E-state index contributed by atoms with van der Waals surface area (Å²) in [6.07, 6.45) is 3.36. The van der Waals surface area contributed by atoms with Gasteiger partial charge in [0.2, 0.25) is 5.91 Å². The van der Waals surface area contributed by atoms with Crippen molar-refractivity contribution >= 4 is 11.8 Å². The van der Waals surface area contributed by atoms with Crippen molar-refractivity contribution in [3.05, 3.63) is 29.8 Å². The number of nitrogens with one attached hydrogen (secondary N) is 1. The maximum absolute atomic E-state index is 12.3. The number of amides is 2. The van der Waals surface area contributed by atoms with Crippen LogP contribution in [0.3, 0.4) is 0 Å². The number of hydrogen-bond donors (Lipinski definition) is 1. The van der Waals surface area contributed by atoms with Gasteiger partial charge in [-0.1, -0.05) is 12.1 Å². The van der Waals surface area contributed by atoms with Gasteiger partial charge in [0.15, 0.2) is 0 Å². The molecule has 132 valence electrons. The highest BCUT2D eigenvalue weighted by Gasteiger charge is 2.33. The number of benzene rings is 1. The molecule has 0 bridgehead atoms. The van der Waals surface area contributed by atoms with Crippen molar-refractivity contribution in [1.29, 1.82) is 0 Å². The average Bonchev–Trinajstić information content (AvgIpc) is 3.36. The molecule has 1 aliphatic rings. The lowest BCUT2D eigenvalue weighted by Gasteiger charge is -2.26. The molecule has 0 aromatic heterocycles. The lowest BCUT2D eigenvalue weighted by molar-refractivity contribution is -0.133. The molecule has 1 aromatic carbocycles. The molecule has 2 rings (SSSR count).